The van der Waals surface area contributed by atoms with Gasteiger partial charge in [0, 0.05) is 23.5 Å². The number of aromatic nitrogens is 1. The summed E-state index contributed by atoms with van der Waals surface area (Å²) in [6, 6.07) is 7.98. The van der Waals surface area contributed by atoms with Gasteiger partial charge in [-0.1, -0.05) is 47.6 Å². The van der Waals surface area contributed by atoms with Crippen molar-refractivity contribution in [3.8, 4) is 5.75 Å². The monoisotopic (exact) mass is 476 g/mol. The molecular weight excluding hydrogens is 440 g/mol. The maximum atomic E-state index is 10.6. The minimum Gasteiger partial charge on any atom is -0.668 e. The smallest absolute Gasteiger partial charge is 0.668 e. The standard InChI is InChI=1S/C19H26N2O.2C2H6N.Zr/c1-18(2,3)15-11-14(13-20-21-9-7-8-10-21)17(22)16(12-15)19(4,5)6;2*1-3-2;/h7-13,22H,1-6H3;2*1-2H3;/q;2*-1;+2/b20-13+;;;. The van der Waals surface area contributed by atoms with Gasteiger partial charge < -0.3 is 15.7 Å². The number of benzene rings is 1. The van der Waals surface area contributed by atoms with Crippen LogP contribution in [0.2, 0.25) is 0 Å². The molecule has 1 aromatic carbocycles. The molecule has 1 heterocycles. The van der Waals surface area contributed by atoms with Gasteiger partial charge in [0.2, 0.25) is 0 Å². The van der Waals surface area contributed by atoms with Gasteiger partial charge in [0.1, 0.15) is 5.75 Å². The minimum absolute atomic E-state index is 0. The molecule has 0 amide bonds. The first-order valence-corrected chi connectivity index (χ1v) is 9.43. The normalized spacial score (nSPS) is 11.1. The second kappa shape index (κ2) is 13.9. The van der Waals surface area contributed by atoms with Crippen molar-refractivity contribution in [1.82, 2.24) is 4.68 Å². The third kappa shape index (κ3) is 10.9. The SMILES string of the molecule is CC(C)(C)c1cc(/C=N/n2cccc2)c(O)c(C(C)(C)C)c1.C[N-]C.C[N-]C.[Zr+2]. The molecule has 29 heavy (non-hydrogen) atoms. The number of phenolic OH excluding ortho intramolecular Hbond substituents is 1. The zero-order valence-corrected chi connectivity index (χ0v) is 22.2. The molecule has 160 valence electrons. The number of nitrogens with zero attached hydrogens (tertiary/aromatic N) is 4. The van der Waals surface area contributed by atoms with Gasteiger partial charge in [0.15, 0.2) is 0 Å². The van der Waals surface area contributed by atoms with E-state index in [1.807, 2.05) is 30.6 Å². The molecule has 0 saturated carbocycles. The molecule has 2 aromatic rings. The molecule has 2 rings (SSSR count). The van der Waals surface area contributed by atoms with E-state index in [9.17, 15) is 5.11 Å². The van der Waals surface area contributed by atoms with Gasteiger partial charge in [0.05, 0.1) is 6.21 Å². The molecule has 1 aromatic heterocycles. The van der Waals surface area contributed by atoms with Gasteiger partial charge >= 0.3 is 26.2 Å². The van der Waals surface area contributed by atoms with Crippen LogP contribution in [0.5, 0.6) is 5.75 Å². The fraction of sp³-hybridized carbons (Fsp3) is 0.522. The maximum absolute atomic E-state index is 10.6. The number of hydrogen-bond donors (Lipinski definition) is 1. The summed E-state index contributed by atoms with van der Waals surface area (Å²) in [6.07, 6.45) is 5.46. The van der Waals surface area contributed by atoms with Crippen molar-refractivity contribution in [3.63, 3.8) is 0 Å². The van der Waals surface area contributed by atoms with E-state index in [-0.39, 0.29) is 37.0 Å². The Balaban J connectivity index is 0. The Kier molecular flexibility index (Phi) is 14.4. The van der Waals surface area contributed by atoms with Crippen LogP contribution in [0.1, 0.15) is 58.2 Å². The van der Waals surface area contributed by atoms with E-state index in [0.29, 0.717) is 5.75 Å². The third-order valence-corrected chi connectivity index (χ3v) is 3.73. The van der Waals surface area contributed by atoms with Gasteiger partial charge in [-0.15, -0.1) is 0 Å². The van der Waals surface area contributed by atoms with E-state index >= 15 is 0 Å². The van der Waals surface area contributed by atoms with E-state index < -0.39 is 0 Å². The van der Waals surface area contributed by atoms with Crippen LogP contribution < -0.4 is 0 Å². The van der Waals surface area contributed by atoms with Crippen LogP contribution in [0.25, 0.3) is 10.6 Å². The summed E-state index contributed by atoms with van der Waals surface area (Å²) in [5.74, 6) is 0.316. The molecule has 0 aliphatic rings. The zero-order chi connectivity index (χ0) is 22.0. The molecule has 0 aliphatic carbocycles. The molecule has 0 radical (unpaired) electrons. The maximum Gasteiger partial charge on any atom is 2.00 e. The number of rotatable bonds is 2. The fourth-order valence-electron chi connectivity index (χ4n) is 2.29. The van der Waals surface area contributed by atoms with Crippen molar-refractivity contribution >= 4 is 6.21 Å². The van der Waals surface area contributed by atoms with E-state index in [1.165, 1.54) is 5.56 Å². The quantitative estimate of drug-likeness (QED) is 0.537. The van der Waals surface area contributed by atoms with Crippen LogP contribution in [0, 0.1) is 0 Å². The molecule has 6 heteroatoms. The van der Waals surface area contributed by atoms with E-state index in [2.05, 4.69) is 63.3 Å². The Bertz CT molecular complexity index is 710. The molecule has 5 nitrogen and oxygen atoms in total. The number of phenols is 1. The second-order valence-corrected chi connectivity index (χ2v) is 8.66. The molecule has 0 spiro atoms. The largest absolute Gasteiger partial charge is 2.00 e. The van der Waals surface area contributed by atoms with Gasteiger partial charge in [-0.25, -0.2) is 4.68 Å². The Morgan fingerprint density at radius 2 is 1.31 bits per heavy atom. The molecule has 1 N–H and O–H groups in total. The van der Waals surface area contributed by atoms with Crippen LogP contribution >= 0.6 is 0 Å². The van der Waals surface area contributed by atoms with Crippen LogP contribution in [0.15, 0.2) is 41.8 Å². The van der Waals surface area contributed by atoms with E-state index in [0.717, 1.165) is 11.1 Å². The Morgan fingerprint density at radius 1 is 0.862 bits per heavy atom. The van der Waals surface area contributed by atoms with Gasteiger partial charge in [-0.3, -0.25) is 0 Å². The first-order valence-electron chi connectivity index (χ1n) is 9.43. The summed E-state index contributed by atoms with van der Waals surface area (Å²) in [4.78, 5) is 0. The van der Waals surface area contributed by atoms with Gasteiger partial charge in [-0.05, 0) is 34.6 Å². The van der Waals surface area contributed by atoms with E-state index in [4.69, 9.17) is 0 Å². The minimum atomic E-state index is -0.124. The van der Waals surface area contributed by atoms with Gasteiger partial charge in [0.25, 0.3) is 0 Å². The van der Waals surface area contributed by atoms with Crippen LogP contribution in [0.3, 0.4) is 0 Å². The molecular formula is C23H38N4OZr. The number of hydrogen-bond acceptors (Lipinski definition) is 2. The van der Waals surface area contributed by atoms with Crippen molar-refractivity contribution in [2.45, 2.75) is 52.4 Å². The van der Waals surface area contributed by atoms with Crippen molar-refractivity contribution < 1.29 is 31.3 Å². The zero-order valence-electron chi connectivity index (χ0n) is 19.8. The molecule has 0 unspecified atom stereocenters. The van der Waals surface area contributed by atoms with Crippen molar-refractivity contribution in [1.29, 1.82) is 0 Å². The van der Waals surface area contributed by atoms with Crippen molar-refractivity contribution in [2.24, 2.45) is 5.10 Å². The van der Waals surface area contributed by atoms with Crippen molar-refractivity contribution in [3.05, 3.63) is 64.0 Å². The first kappa shape index (κ1) is 30.0. The predicted molar refractivity (Wildman–Crippen MR) is 123 cm³/mol. The average molecular weight is 478 g/mol. The second-order valence-electron chi connectivity index (χ2n) is 8.66. The summed E-state index contributed by atoms with van der Waals surface area (Å²) in [6.45, 7) is 12.9. The molecule has 0 bridgehead atoms. The molecule has 0 atom stereocenters. The van der Waals surface area contributed by atoms with Gasteiger partial charge in [-0.2, -0.15) is 33.3 Å². The topological polar surface area (TPSA) is 65.7 Å². The van der Waals surface area contributed by atoms with E-state index in [1.54, 1.807) is 39.1 Å². The third-order valence-electron chi connectivity index (χ3n) is 3.73. The number of aromatic hydroxyl groups is 1. The first-order chi connectivity index (χ1) is 12.9. The Morgan fingerprint density at radius 3 is 1.69 bits per heavy atom. The van der Waals surface area contributed by atoms with Crippen LogP contribution in [-0.2, 0) is 37.0 Å². The summed E-state index contributed by atoms with van der Waals surface area (Å²) in [7, 11) is 7.00. The Hall–Kier alpha value is -1.23. The molecule has 0 aliphatic heterocycles. The summed E-state index contributed by atoms with van der Waals surface area (Å²) < 4.78 is 1.72. The summed E-state index contributed by atoms with van der Waals surface area (Å²) >= 11 is 0. The summed E-state index contributed by atoms with van der Waals surface area (Å²) in [5.41, 5.74) is 2.80. The Labute approximate surface area is 197 Å². The predicted octanol–water partition coefficient (Wildman–Crippen LogP) is 5.91. The van der Waals surface area contributed by atoms with Crippen molar-refractivity contribution in [2.75, 3.05) is 28.2 Å². The fourth-order valence-corrected chi connectivity index (χ4v) is 2.29. The molecule has 0 fully saturated rings. The van der Waals surface area contributed by atoms with Crippen LogP contribution in [-0.4, -0.2) is 44.2 Å². The summed E-state index contributed by atoms with van der Waals surface area (Å²) in [5, 5.41) is 22.0. The van der Waals surface area contributed by atoms with Crippen LogP contribution in [0.4, 0.5) is 0 Å². The molecule has 0 saturated heterocycles. The average Bonchev–Trinajstić information content (AvgIpc) is 3.06.